The van der Waals surface area contributed by atoms with Gasteiger partial charge in [0, 0.05) is 12.5 Å². The number of aliphatic carboxylic acids is 1. The molecule has 2 rings (SSSR count). The van der Waals surface area contributed by atoms with Gasteiger partial charge in [0.25, 0.3) is 5.91 Å². The van der Waals surface area contributed by atoms with Gasteiger partial charge in [-0.15, -0.1) is 0 Å². The monoisotopic (exact) mass is 291 g/mol. The van der Waals surface area contributed by atoms with E-state index in [4.69, 9.17) is 9.84 Å². The average molecular weight is 291 g/mol. The van der Waals surface area contributed by atoms with E-state index < -0.39 is 12.1 Å². The van der Waals surface area contributed by atoms with Gasteiger partial charge in [0.05, 0.1) is 0 Å². The predicted molar refractivity (Wildman–Crippen MR) is 78.5 cm³/mol. The van der Waals surface area contributed by atoms with Gasteiger partial charge in [-0.25, -0.2) is 0 Å². The third kappa shape index (κ3) is 3.17. The molecule has 1 heterocycles. The molecule has 1 amide bonds. The normalized spacial score (nSPS) is 16.5. The SMILES string of the molecule is Cc1cc2c(cc1C)OC(C(=O)N(CC(=O)O)C(C)C)C2. The fourth-order valence-corrected chi connectivity index (χ4v) is 2.50. The van der Waals surface area contributed by atoms with Gasteiger partial charge in [-0.3, -0.25) is 9.59 Å². The molecule has 1 aliphatic rings. The van der Waals surface area contributed by atoms with Crippen LogP contribution in [0.3, 0.4) is 0 Å². The molecule has 0 saturated carbocycles. The van der Waals surface area contributed by atoms with E-state index in [1.54, 1.807) is 13.8 Å². The number of carboxylic acid groups (broad SMARTS) is 1. The Hall–Kier alpha value is -2.04. The van der Waals surface area contributed by atoms with Crippen LogP contribution < -0.4 is 4.74 Å². The van der Waals surface area contributed by atoms with Crippen LogP contribution in [0.1, 0.15) is 30.5 Å². The first-order valence-electron chi connectivity index (χ1n) is 7.08. The number of carbonyl (C=O) groups is 2. The number of fused-ring (bicyclic) bond motifs is 1. The van der Waals surface area contributed by atoms with Gasteiger partial charge in [0.2, 0.25) is 0 Å². The highest BCUT2D eigenvalue weighted by atomic mass is 16.5. The van der Waals surface area contributed by atoms with Crippen LogP contribution in [0.25, 0.3) is 0 Å². The highest BCUT2D eigenvalue weighted by Crippen LogP contribution is 2.32. The summed E-state index contributed by atoms with van der Waals surface area (Å²) in [6.07, 6.45) is -0.124. The molecule has 1 aromatic rings. The summed E-state index contributed by atoms with van der Waals surface area (Å²) in [4.78, 5) is 24.8. The summed E-state index contributed by atoms with van der Waals surface area (Å²) in [5.74, 6) is -0.548. The molecule has 1 atom stereocenters. The zero-order chi connectivity index (χ0) is 15.7. The third-order valence-electron chi connectivity index (χ3n) is 3.84. The molecule has 0 radical (unpaired) electrons. The molecule has 5 nitrogen and oxygen atoms in total. The molecule has 1 aliphatic heterocycles. The first-order valence-corrected chi connectivity index (χ1v) is 7.08. The van der Waals surface area contributed by atoms with Crippen molar-refractivity contribution in [2.75, 3.05) is 6.54 Å². The molecule has 1 N–H and O–H groups in total. The molecular formula is C16H21NO4. The molecule has 0 bridgehead atoms. The number of aryl methyl sites for hydroxylation is 2. The van der Waals surface area contributed by atoms with E-state index in [1.807, 2.05) is 26.0 Å². The van der Waals surface area contributed by atoms with E-state index in [0.717, 1.165) is 22.4 Å². The van der Waals surface area contributed by atoms with Gasteiger partial charge in [0.1, 0.15) is 12.3 Å². The molecular weight excluding hydrogens is 270 g/mol. The first-order chi connectivity index (χ1) is 9.79. The number of hydrogen-bond acceptors (Lipinski definition) is 3. The van der Waals surface area contributed by atoms with Crippen molar-refractivity contribution in [2.45, 2.75) is 46.3 Å². The van der Waals surface area contributed by atoms with Crippen molar-refractivity contribution in [3.63, 3.8) is 0 Å². The Balaban J connectivity index is 2.17. The predicted octanol–water partition coefficient (Wildman–Crippen LogP) is 1.93. The van der Waals surface area contributed by atoms with Crippen molar-refractivity contribution in [3.05, 3.63) is 28.8 Å². The van der Waals surface area contributed by atoms with Crippen LogP contribution in [0.15, 0.2) is 12.1 Å². The molecule has 0 saturated heterocycles. The largest absolute Gasteiger partial charge is 0.480 e. The van der Waals surface area contributed by atoms with E-state index in [9.17, 15) is 9.59 Å². The number of amides is 1. The summed E-state index contributed by atoms with van der Waals surface area (Å²) in [5, 5.41) is 8.94. The van der Waals surface area contributed by atoms with Crippen LogP contribution in [-0.4, -0.2) is 40.6 Å². The molecule has 0 spiro atoms. The van der Waals surface area contributed by atoms with Gasteiger partial charge >= 0.3 is 5.97 Å². The van der Waals surface area contributed by atoms with Crippen molar-refractivity contribution in [2.24, 2.45) is 0 Å². The van der Waals surface area contributed by atoms with Crippen LogP contribution in [0.5, 0.6) is 5.75 Å². The summed E-state index contributed by atoms with van der Waals surface area (Å²) >= 11 is 0. The Morgan fingerprint density at radius 3 is 2.52 bits per heavy atom. The fraction of sp³-hybridized carbons (Fsp3) is 0.500. The number of benzene rings is 1. The maximum absolute atomic E-state index is 12.5. The first kappa shape index (κ1) is 15.4. The number of rotatable bonds is 4. The van der Waals surface area contributed by atoms with E-state index in [-0.39, 0.29) is 18.5 Å². The Morgan fingerprint density at radius 1 is 1.33 bits per heavy atom. The van der Waals surface area contributed by atoms with E-state index >= 15 is 0 Å². The molecule has 21 heavy (non-hydrogen) atoms. The van der Waals surface area contributed by atoms with E-state index in [2.05, 4.69) is 0 Å². The Bertz CT molecular complexity index is 549. The summed E-state index contributed by atoms with van der Waals surface area (Å²) in [7, 11) is 0. The minimum atomic E-state index is -1.01. The molecule has 1 unspecified atom stereocenters. The molecule has 1 aromatic carbocycles. The number of hydrogen-bond donors (Lipinski definition) is 1. The minimum Gasteiger partial charge on any atom is -0.480 e. The maximum atomic E-state index is 12.5. The zero-order valence-electron chi connectivity index (χ0n) is 12.8. The Morgan fingerprint density at radius 2 is 1.95 bits per heavy atom. The highest BCUT2D eigenvalue weighted by molar-refractivity contribution is 5.86. The lowest BCUT2D eigenvalue weighted by Crippen LogP contribution is -2.47. The average Bonchev–Trinajstić information content (AvgIpc) is 2.78. The van der Waals surface area contributed by atoms with Crippen molar-refractivity contribution >= 4 is 11.9 Å². The summed E-state index contributed by atoms with van der Waals surface area (Å²) in [6, 6.07) is 3.80. The fourth-order valence-electron chi connectivity index (χ4n) is 2.50. The van der Waals surface area contributed by atoms with Gasteiger partial charge in [-0.05, 0) is 50.5 Å². The molecule has 0 fully saturated rings. The lowest BCUT2D eigenvalue weighted by molar-refractivity contribution is -0.149. The van der Waals surface area contributed by atoms with Crippen molar-refractivity contribution in [1.29, 1.82) is 0 Å². The van der Waals surface area contributed by atoms with Gasteiger partial charge in [-0.2, -0.15) is 0 Å². The second-order valence-corrected chi connectivity index (χ2v) is 5.81. The Labute approximate surface area is 124 Å². The van der Waals surface area contributed by atoms with E-state index in [0.29, 0.717) is 6.42 Å². The van der Waals surface area contributed by atoms with Gasteiger partial charge in [0.15, 0.2) is 6.10 Å². The smallest absolute Gasteiger partial charge is 0.323 e. The van der Waals surface area contributed by atoms with Crippen LogP contribution in [-0.2, 0) is 16.0 Å². The number of ether oxygens (including phenoxy) is 1. The van der Waals surface area contributed by atoms with Crippen LogP contribution >= 0.6 is 0 Å². The number of nitrogens with zero attached hydrogens (tertiary/aromatic N) is 1. The molecule has 0 aromatic heterocycles. The number of carboxylic acids is 1. The lowest BCUT2D eigenvalue weighted by Gasteiger charge is -2.27. The minimum absolute atomic E-state index is 0.176. The summed E-state index contributed by atoms with van der Waals surface area (Å²) in [5.41, 5.74) is 3.29. The lowest BCUT2D eigenvalue weighted by atomic mass is 10.0. The summed E-state index contributed by atoms with van der Waals surface area (Å²) < 4.78 is 5.73. The number of carbonyl (C=O) groups excluding carboxylic acids is 1. The topological polar surface area (TPSA) is 66.8 Å². The van der Waals surface area contributed by atoms with Crippen molar-refractivity contribution < 1.29 is 19.4 Å². The van der Waals surface area contributed by atoms with Crippen molar-refractivity contribution in [1.82, 2.24) is 4.90 Å². The van der Waals surface area contributed by atoms with Gasteiger partial charge < -0.3 is 14.7 Å². The standard InChI is InChI=1S/C16H21NO4/c1-9(2)17(8-15(18)19)16(20)14-7-12-5-10(3)11(4)6-13(12)21-14/h5-6,9,14H,7-8H2,1-4H3,(H,18,19). The molecule has 0 aliphatic carbocycles. The van der Waals surface area contributed by atoms with Gasteiger partial charge in [-0.1, -0.05) is 6.07 Å². The van der Waals surface area contributed by atoms with Crippen LogP contribution in [0.4, 0.5) is 0 Å². The highest BCUT2D eigenvalue weighted by Gasteiger charge is 2.34. The van der Waals surface area contributed by atoms with Crippen molar-refractivity contribution in [3.8, 4) is 5.75 Å². The Kier molecular flexibility index (Phi) is 4.21. The quantitative estimate of drug-likeness (QED) is 0.920. The molecule has 5 heteroatoms. The summed E-state index contributed by atoms with van der Waals surface area (Å²) in [6.45, 7) is 7.33. The van der Waals surface area contributed by atoms with Crippen LogP contribution in [0, 0.1) is 13.8 Å². The second-order valence-electron chi connectivity index (χ2n) is 5.81. The third-order valence-corrected chi connectivity index (χ3v) is 3.84. The van der Waals surface area contributed by atoms with E-state index in [1.165, 1.54) is 4.90 Å². The maximum Gasteiger partial charge on any atom is 0.323 e. The zero-order valence-corrected chi connectivity index (χ0v) is 12.8. The second kappa shape index (κ2) is 5.76. The van der Waals surface area contributed by atoms with Crippen LogP contribution in [0.2, 0.25) is 0 Å². The molecule has 114 valence electrons.